The number of carbonyl (C=O) groups excluding carboxylic acids is 2. The van der Waals surface area contributed by atoms with E-state index in [4.69, 9.17) is 17.3 Å². The van der Waals surface area contributed by atoms with Crippen LogP contribution in [0, 0.1) is 5.92 Å². The summed E-state index contributed by atoms with van der Waals surface area (Å²) in [4.78, 5) is 31.2. The predicted molar refractivity (Wildman–Crippen MR) is 113 cm³/mol. The van der Waals surface area contributed by atoms with Gasteiger partial charge in [0.15, 0.2) is 0 Å². The lowest BCUT2D eigenvalue weighted by molar-refractivity contribution is -0.149. The highest BCUT2D eigenvalue weighted by Crippen LogP contribution is 2.28. The molecule has 1 aliphatic heterocycles. The smallest absolute Gasteiger partial charge is 0.243 e. The molecule has 1 aromatic carbocycles. The second-order valence-corrected chi connectivity index (χ2v) is 8.53. The number of halogens is 1. The van der Waals surface area contributed by atoms with Gasteiger partial charge in [-0.2, -0.15) is 5.10 Å². The topological polar surface area (TPSA) is 106 Å². The predicted octanol–water partition coefficient (Wildman–Crippen LogP) is 2.05. The number of nitrogens with two attached hydrogens (primary N) is 1. The number of nitrogens with zero attached hydrogens (tertiary/aromatic N) is 4. The molecule has 2 aromatic rings. The van der Waals surface area contributed by atoms with Gasteiger partial charge in [0.2, 0.25) is 11.8 Å². The quantitative estimate of drug-likeness (QED) is 0.729. The molecule has 0 bridgehead atoms. The minimum absolute atomic E-state index is 0.0978. The molecule has 2 heterocycles. The van der Waals surface area contributed by atoms with E-state index in [0.717, 1.165) is 36.9 Å². The van der Waals surface area contributed by atoms with Gasteiger partial charge in [0, 0.05) is 18.1 Å². The highest BCUT2D eigenvalue weighted by Gasteiger charge is 2.41. The second kappa shape index (κ2) is 9.14. The van der Waals surface area contributed by atoms with Crippen LogP contribution in [-0.2, 0) is 16.1 Å². The van der Waals surface area contributed by atoms with Crippen molar-refractivity contribution in [3.05, 3.63) is 41.4 Å². The largest absolute Gasteiger partial charge is 0.350 e. The standard InChI is InChI=1S/C21H27ClN6O2/c22-16-6-7-17(28-13-24-12-26-28)15(10-16)11-25-20(29)18-8-9-27(18)21(30)19(23)14-4-2-1-3-5-14/h6-7,10,12-14,18-19H,1-5,8-9,11,23H2,(H,25,29)/t18-,19+/m0/s1. The Hall–Kier alpha value is -2.45. The van der Waals surface area contributed by atoms with E-state index in [1.54, 1.807) is 28.0 Å². The van der Waals surface area contributed by atoms with E-state index in [0.29, 0.717) is 18.0 Å². The van der Waals surface area contributed by atoms with Gasteiger partial charge in [0.1, 0.15) is 18.7 Å². The molecule has 4 rings (SSSR count). The summed E-state index contributed by atoms with van der Waals surface area (Å²) in [7, 11) is 0. The zero-order valence-corrected chi connectivity index (χ0v) is 17.6. The summed E-state index contributed by atoms with van der Waals surface area (Å²) in [6, 6.07) is 4.43. The molecule has 30 heavy (non-hydrogen) atoms. The van der Waals surface area contributed by atoms with Crippen LogP contribution >= 0.6 is 11.6 Å². The zero-order chi connectivity index (χ0) is 21.1. The Labute approximate surface area is 180 Å². The average Bonchev–Trinajstić information content (AvgIpc) is 3.26. The van der Waals surface area contributed by atoms with E-state index in [1.165, 1.54) is 12.7 Å². The molecule has 160 valence electrons. The molecule has 0 radical (unpaired) electrons. The molecular formula is C21H27ClN6O2. The Morgan fingerprint density at radius 3 is 2.70 bits per heavy atom. The fourth-order valence-corrected chi connectivity index (χ4v) is 4.56. The first-order valence-electron chi connectivity index (χ1n) is 10.5. The molecule has 1 aromatic heterocycles. The third-order valence-electron chi connectivity index (χ3n) is 6.21. The molecule has 2 aliphatic rings. The fraction of sp³-hybridized carbons (Fsp3) is 0.524. The molecule has 1 saturated carbocycles. The van der Waals surface area contributed by atoms with Crippen molar-refractivity contribution in [1.29, 1.82) is 0 Å². The molecule has 1 saturated heterocycles. The number of hydrogen-bond acceptors (Lipinski definition) is 5. The van der Waals surface area contributed by atoms with E-state index in [9.17, 15) is 9.59 Å². The number of amides is 2. The van der Waals surface area contributed by atoms with E-state index in [1.807, 2.05) is 6.07 Å². The molecule has 0 unspecified atom stereocenters. The van der Waals surface area contributed by atoms with E-state index in [2.05, 4.69) is 15.4 Å². The molecule has 2 fully saturated rings. The third kappa shape index (κ3) is 4.34. The van der Waals surface area contributed by atoms with Crippen molar-refractivity contribution < 1.29 is 9.59 Å². The Morgan fingerprint density at radius 2 is 2.03 bits per heavy atom. The Balaban J connectivity index is 1.38. The Morgan fingerprint density at radius 1 is 1.23 bits per heavy atom. The van der Waals surface area contributed by atoms with E-state index < -0.39 is 12.1 Å². The van der Waals surface area contributed by atoms with Crippen LogP contribution < -0.4 is 11.1 Å². The molecule has 0 spiro atoms. The highest BCUT2D eigenvalue weighted by molar-refractivity contribution is 6.30. The summed E-state index contributed by atoms with van der Waals surface area (Å²) in [6.07, 6.45) is 9.16. The lowest BCUT2D eigenvalue weighted by Crippen LogP contribution is -2.62. The maximum atomic E-state index is 12.9. The molecule has 8 nitrogen and oxygen atoms in total. The number of benzene rings is 1. The molecule has 9 heteroatoms. The summed E-state index contributed by atoms with van der Waals surface area (Å²) in [6.45, 7) is 0.862. The molecular weight excluding hydrogens is 404 g/mol. The van der Waals surface area contributed by atoms with Crippen molar-refractivity contribution in [3.63, 3.8) is 0 Å². The normalized spacial score (nSPS) is 20.5. The Bertz CT molecular complexity index is 897. The summed E-state index contributed by atoms with van der Waals surface area (Å²) in [5.74, 6) is -0.0402. The SMILES string of the molecule is N[C@@H](C(=O)N1CC[C@H]1C(=O)NCc1cc(Cl)ccc1-n1cncn1)C1CCCCC1. The summed E-state index contributed by atoms with van der Waals surface area (Å²) in [5, 5.41) is 7.66. The minimum atomic E-state index is -0.507. The number of aromatic nitrogens is 3. The van der Waals surface area contributed by atoms with Crippen LogP contribution in [0.2, 0.25) is 5.02 Å². The first-order valence-corrected chi connectivity index (χ1v) is 10.9. The lowest BCUT2D eigenvalue weighted by Gasteiger charge is -2.42. The van der Waals surface area contributed by atoms with Crippen LogP contribution in [0.15, 0.2) is 30.9 Å². The van der Waals surface area contributed by atoms with Crippen molar-refractivity contribution in [2.75, 3.05) is 6.54 Å². The van der Waals surface area contributed by atoms with Crippen molar-refractivity contribution in [3.8, 4) is 5.69 Å². The van der Waals surface area contributed by atoms with Gasteiger partial charge in [0.25, 0.3) is 0 Å². The van der Waals surface area contributed by atoms with Crippen LogP contribution in [0.3, 0.4) is 0 Å². The zero-order valence-electron chi connectivity index (χ0n) is 16.8. The molecule has 2 amide bonds. The maximum Gasteiger partial charge on any atom is 0.243 e. The van der Waals surface area contributed by atoms with Crippen molar-refractivity contribution in [1.82, 2.24) is 25.0 Å². The van der Waals surface area contributed by atoms with Crippen LogP contribution in [0.4, 0.5) is 0 Å². The van der Waals surface area contributed by atoms with Gasteiger partial charge in [-0.1, -0.05) is 30.9 Å². The monoisotopic (exact) mass is 430 g/mol. The fourth-order valence-electron chi connectivity index (χ4n) is 4.36. The van der Waals surface area contributed by atoms with Crippen LogP contribution in [-0.4, -0.2) is 50.1 Å². The third-order valence-corrected chi connectivity index (χ3v) is 6.44. The Kier molecular flexibility index (Phi) is 6.34. The van der Waals surface area contributed by atoms with Crippen molar-refractivity contribution >= 4 is 23.4 Å². The molecule has 2 atom stereocenters. The average molecular weight is 431 g/mol. The first kappa shape index (κ1) is 20.8. The minimum Gasteiger partial charge on any atom is -0.350 e. The van der Waals surface area contributed by atoms with Gasteiger partial charge < -0.3 is 16.0 Å². The summed E-state index contributed by atoms with van der Waals surface area (Å²) in [5.41, 5.74) is 7.87. The van der Waals surface area contributed by atoms with E-state index in [-0.39, 0.29) is 24.3 Å². The highest BCUT2D eigenvalue weighted by atomic mass is 35.5. The number of rotatable bonds is 6. The second-order valence-electron chi connectivity index (χ2n) is 8.09. The number of nitrogens with one attached hydrogen (secondary N) is 1. The van der Waals surface area contributed by atoms with Crippen molar-refractivity contribution in [2.24, 2.45) is 11.7 Å². The van der Waals surface area contributed by atoms with Gasteiger partial charge >= 0.3 is 0 Å². The van der Waals surface area contributed by atoms with Gasteiger partial charge in [0.05, 0.1) is 11.7 Å². The van der Waals surface area contributed by atoms with Crippen LogP contribution in [0.5, 0.6) is 0 Å². The summed E-state index contributed by atoms with van der Waals surface area (Å²) < 4.78 is 1.63. The molecule has 3 N–H and O–H groups in total. The number of carbonyl (C=O) groups is 2. The van der Waals surface area contributed by atoms with Crippen LogP contribution in [0.1, 0.15) is 44.1 Å². The van der Waals surface area contributed by atoms with Gasteiger partial charge in [-0.05, 0) is 48.9 Å². The number of hydrogen-bond donors (Lipinski definition) is 2. The lowest BCUT2D eigenvalue weighted by atomic mass is 9.83. The maximum absolute atomic E-state index is 12.9. The van der Waals surface area contributed by atoms with Crippen LogP contribution in [0.25, 0.3) is 5.69 Å². The van der Waals surface area contributed by atoms with E-state index >= 15 is 0 Å². The molecule has 1 aliphatic carbocycles. The first-order chi connectivity index (χ1) is 14.5. The van der Waals surface area contributed by atoms with Gasteiger partial charge in [-0.3, -0.25) is 9.59 Å². The van der Waals surface area contributed by atoms with Crippen molar-refractivity contribution in [2.45, 2.75) is 57.2 Å². The van der Waals surface area contributed by atoms with Gasteiger partial charge in [-0.15, -0.1) is 0 Å². The van der Waals surface area contributed by atoms with Gasteiger partial charge in [-0.25, -0.2) is 9.67 Å². The number of likely N-dealkylation sites (tertiary alicyclic amines) is 1. The summed E-state index contributed by atoms with van der Waals surface area (Å²) >= 11 is 6.14.